The van der Waals surface area contributed by atoms with Gasteiger partial charge in [0, 0.05) is 18.7 Å². The van der Waals surface area contributed by atoms with Gasteiger partial charge in [0.05, 0.1) is 13.1 Å². The van der Waals surface area contributed by atoms with Gasteiger partial charge in [0.2, 0.25) is 0 Å². The van der Waals surface area contributed by atoms with E-state index in [1.54, 1.807) is 6.33 Å². The van der Waals surface area contributed by atoms with E-state index < -0.39 is 0 Å². The highest BCUT2D eigenvalue weighted by Crippen LogP contribution is 2.11. The minimum atomic E-state index is -0.331. The van der Waals surface area contributed by atoms with E-state index in [0.29, 0.717) is 18.7 Å². The molecule has 0 saturated heterocycles. The van der Waals surface area contributed by atoms with Crippen LogP contribution in [0.1, 0.15) is 16.2 Å². The molecular formula is C13H13FN4O. The van der Waals surface area contributed by atoms with E-state index in [0.717, 1.165) is 18.9 Å². The van der Waals surface area contributed by atoms with Crippen LogP contribution in [0.15, 0.2) is 30.6 Å². The number of carbonyl (C=O) groups is 1. The molecule has 5 nitrogen and oxygen atoms in total. The van der Waals surface area contributed by atoms with E-state index in [4.69, 9.17) is 0 Å². The first kappa shape index (κ1) is 12.0. The lowest BCUT2D eigenvalue weighted by Gasteiger charge is -2.26. The third kappa shape index (κ3) is 2.53. The number of hydrogen-bond donors (Lipinski definition) is 0. The van der Waals surface area contributed by atoms with Gasteiger partial charge in [0.25, 0.3) is 0 Å². The Morgan fingerprint density at radius 2 is 2.05 bits per heavy atom. The Morgan fingerprint density at radius 1 is 1.26 bits per heavy atom. The molecule has 0 N–H and O–H groups in total. The fourth-order valence-electron chi connectivity index (χ4n) is 2.18. The van der Waals surface area contributed by atoms with Crippen LogP contribution in [0.25, 0.3) is 0 Å². The van der Waals surface area contributed by atoms with Crippen molar-refractivity contribution in [2.24, 2.45) is 0 Å². The molecular weight excluding hydrogens is 247 g/mol. The van der Waals surface area contributed by atoms with Crippen molar-refractivity contribution in [1.82, 2.24) is 19.7 Å². The van der Waals surface area contributed by atoms with Crippen molar-refractivity contribution in [1.29, 1.82) is 0 Å². The van der Waals surface area contributed by atoms with Crippen LogP contribution in [-0.4, -0.2) is 38.5 Å². The van der Waals surface area contributed by atoms with Crippen LogP contribution >= 0.6 is 0 Å². The summed E-state index contributed by atoms with van der Waals surface area (Å²) in [5.74, 6) is 0.536. The van der Waals surface area contributed by atoms with Gasteiger partial charge in [-0.05, 0) is 24.3 Å². The maximum Gasteiger partial charge on any atom is 0.176 e. The van der Waals surface area contributed by atoms with Gasteiger partial charge < -0.3 is 4.57 Å². The van der Waals surface area contributed by atoms with E-state index >= 15 is 0 Å². The van der Waals surface area contributed by atoms with Gasteiger partial charge in [-0.15, -0.1) is 10.2 Å². The number of rotatable bonds is 3. The molecule has 0 atom stereocenters. The van der Waals surface area contributed by atoms with Gasteiger partial charge in [0.1, 0.15) is 18.0 Å². The summed E-state index contributed by atoms with van der Waals surface area (Å²) in [7, 11) is 0. The number of hydrogen-bond acceptors (Lipinski definition) is 4. The quantitative estimate of drug-likeness (QED) is 0.776. The highest BCUT2D eigenvalue weighted by Gasteiger charge is 2.20. The first-order chi connectivity index (χ1) is 9.22. The monoisotopic (exact) mass is 260 g/mol. The Morgan fingerprint density at radius 3 is 2.84 bits per heavy atom. The van der Waals surface area contributed by atoms with Crippen LogP contribution in [-0.2, 0) is 13.1 Å². The second-order valence-corrected chi connectivity index (χ2v) is 4.58. The van der Waals surface area contributed by atoms with E-state index in [1.165, 1.54) is 24.3 Å². The summed E-state index contributed by atoms with van der Waals surface area (Å²) in [6.45, 7) is 2.52. The van der Waals surface area contributed by atoms with Crippen molar-refractivity contribution in [3.63, 3.8) is 0 Å². The van der Waals surface area contributed by atoms with Crippen LogP contribution in [0.4, 0.5) is 4.39 Å². The summed E-state index contributed by atoms with van der Waals surface area (Å²) >= 11 is 0. The largest absolute Gasteiger partial charge is 0.315 e. The molecule has 6 heteroatoms. The number of aromatic nitrogens is 3. The van der Waals surface area contributed by atoms with Crippen LogP contribution in [0.5, 0.6) is 0 Å². The lowest BCUT2D eigenvalue weighted by Crippen LogP contribution is -2.37. The molecule has 0 radical (unpaired) electrons. The minimum Gasteiger partial charge on any atom is -0.315 e. The van der Waals surface area contributed by atoms with Crippen molar-refractivity contribution < 1.29 is 9.18 Å². The molecule has 98 valence electrons. The summed E-state index contributed by atoms with van der Waals surface area (Å²) in [5, 5.41) is 7.85. The highest BCUT2D eigenvalue weighted by atomic mass is 19.1. The summed E-state index contributed by atoms with van der Waals surface area (Å²) in [6, 6.07) is 5.65. The molecule has 1 aliphatic heterocycles. The van der Waals surface area contributed by atoms with E-state index in [-0.39, 0.29) is 11.6 Å². The van der Waals surface area contributed by atoms with Crippen molar-refractivity contribution in [2.45, 2.75) is 13.1 Å². The third-order valence-corrected chi connectivity index (χ3v) is 3.25. The van der Waals surface area contributed by atoms with Crippen molar-refractivity contribution >= 4 is 5.78 Å². The number of carbonyl (C=O) groups excluding carboxylic acids is 1. The van der Waals surface area contributed by atoms with Gasteiger partial charge in [-0.25, -0.2) is 4.39 Å². The molecule has 1 aliphatic rings. The van der Waals surface area contributed by atoms with E-state index in [9.17, 15) is 9.18 Å². The topological polar surface area (TPSA) is 51.0 Å². The molecule has 1 aromatic heterocycles. The first-order valence-corrected chi connectivity index (χ1v) is 6.10. The van der Waals surface area contributed by atoms with Crippen molar-refractivity contribution in [3.05, 3.63) is 47.8 Å². The highest BCUT2D eigenvalue weighted by molar-refractivity contribution is 5.97. The average Bonchev–Trinajstić information content (AvgIpc) is 2.87. The average molecular weight is 260 g/mol. The summed E-state index contributed by atoms with van der Waals surface area (Å²) in [5.41, 5.74) is 0.536. The second-order valence-electron chi connectivity index (χ2n) is 4.58. The van der Waals surface area contributed by atoms with Crippen LogP contribution < -0.4 is 0 Å². The maximum atomic E-state index is 12.8. The Bertz CT molecular complexity index is 593. The number of halogens is 1. The summed E-state index contributed by atoms with van der Waals surface area (Å²) < 4.78 is 14.8. The van der Waals surface area contributed by atoms with E-state index in [1.807, 2.05) is 9.47 Å². The van der Waals surface area contributed by atoms with Gasteiger partial charge in [-0.2, -0.15) is 0 Å². The molecule has 2 heterocycles. The molecule has 0 fully saturated rings. The zero-order chi connectivity index (χ0) is 13.2. The minimum absolute atomic E-state index is 0.00651. The first-order valence-electron chi connectivity index (χ1n) is 6.10. The van der Waals surface area contributed by atoms with Gasteiger partial charge in [0.15, 0.2) is 5.78 Å². The molecule has 1 aromatic carbocycles. The Labute approximate surface area is 109 Å². The molecule has 19 heavy (non-hydrogen) atoms. The standard InChI is InChI=1S/C13H13FN4O/c14-11-3-1-10(2-4-11)12(19)7-17-5-6-18-9-15-16-13(18)8-17/h1-4,9H,5-8H2. The fraction of sp³-hybridized carbons (Fsp3) is 0.308. The predicted octanol–water partition coefficient (Wildman–Crippen LogP) is 1.12. The molecule has 2 aromatic rings. The SMILES string of the molecule is O=C(CN1CCn2cnnc2C1)c1ccc(F)cc1. The second kappa shape index (κ2) is 4.89. The molecule has 0 bridgehead atoms. The van der Waals surface area contributed by atoms with Crippen molar-refractivity contribution in [2.75, 3.05) is 13.1 Å². The fourth-order valence-corrected chi connectivity index (χ4v) is 2.18. The molecule has 0 aliphatic carbocycles. The predicted molar refractivity (Wildman–Crippen MR) is 66.0 cm³/mol. The Kier molecular flexibility index (Phi) is 3.08. The van der Waals surface area contributed by atoms with Crippen LogP contribution in [0, 0.1) is 5.82 Å². The molecule has 0 unspecified atom stereocenters. The summed E-state index contributed by atoms with van der Waals surface area (Å²) in [6.07, 6.45) is 1.70. The molecule has 3 rings (SSSR count). The van der Waals surface area contributed by atoms with E-state index in [2.05, 4.69) is 10.2 Å². The zero-order valence-electron chi connectivity index (χ0n) is 10.3. The van der Waals surface area contributed by atoms with Gasteiger partial charge in [-0.1, -0.05) is 0 Å². The molecule has 0 spiro atoms. The normalized spacial score (nSPS) is 15.2. The Hall–Kier alpha value is -2.08. The maximum absolute atomic E-state index is 12.8. The number of Topliss-reactive ketones (excluding diaryl/α,β-unsaturated/α-hetero) is 1. The summed E-state index contributed by atoms with van der Waals surface area (Å²) in [4.78, 5) is 14.1. The Balaban J connectivity index is 1.66. The number of ketones is 1. The van der Waals surface area contributed by atoms with Crippen LogP contribution in [0.3, 0.4) is 0 Å². The third-order valence-electron chi connectivity index (χ3n) is 3.25. The zero-order valence-corrected chi connectivity index (χ0v) is 10.3. The molecule has 0 saturated carbocycles. The molecule has 0 amide bonds. The lowest BCUT2D eigenvalue weighted by atomic mass is 10.1. The number of fused-ring (bicyclic) bond motifs is 1. The van der Waals surface area contributed by atoms with Crippen LogP contribution in [0.2, 0.25) is 0 Å². The van der Waals surface area contributed by atoms with Gasteiger partial charge in [-0.3, -0.25) is 9.69 Å². The lowest BCUT2D eigenvalue weighted by molar-refractivity contribution is 0.0908. The van der Waals surface area contributed by atoms with Crippen molar-refractivity contribution in [3.8, 4) is 0 Å². The van der Waals surface area contributed by atoms with Gasteiger partial charge >= 0.3 is 0 Å². The number of nitrogens with zero attached hydrogens (tertiary/aromatic N) is 4. The smallest absolute Gasteiger partial charge is 0.176 e. The number of benzene rings is 1.